The van der Waals surface area contributed by atoms with Crippen LogP contribution in [0, 0.1) is 13.8 Å². The van der Waals surface area contributed by atoms with Crippen molar-refractivity contribution < 1.29 is 14.3 Å². The highest BCUT2D eigenvalue weighted by Gasteiger charge is 2.10. The van der Waals surface area contributed by atoms with Crippen molar-refractivity contribution >= 4 is 33.3 Å². The fourth-order valence-corrected chi connectivity index (χ4v) is 2.88. The molecule has 1 N–H and O–H groups in total. The molecule has 3 aromatic carbocycles. The maximum absolute atomic E-state index is 12.4. The first-order valence-corrected chi connectivity index (χ1v) is 9.62. The predicted octanol–water partition coefficient (Wildman–Crippen LogP) is 5.58. The van der Waals surface area contributed by atoms with E-state index < -0.39 is 0 Å². The minimum absolute atomic E-state index is 0.0629. The molecule has 0 saturated heterocycles. The van der Waals surface area contributed by atoms with Crippen molar-refractivity contribution in [2.75, 3.05) is 11.9 Å². The lowest BCUT2D eigenvalue weighted by Gasteiger charge is -2.10. The van der Waals surface area contributed by atoms with Gasteiger partial charge < -0.3 is 10.1 Å². The number of benzene rings is 3. The molecule has 0 atom stereocenters. The van der Waals surface area contributed by atoms with E-state index in [4.69, 9.17) is 4.74 Å². The number of hydrogen-bond donors (Lipinski definition) is 1. The first-order valence-electron chi connectivity index (χ1n) is 8.82. The molecule has 0 aliphatic carbocycles. The molecule has 4 nitrogen and oxygen atoms in total. The van der Waals surface area contributed by atoms with E-state index in [0.717, 1.165) is 15.6 Å². The van der Waals surface area contributed by atoms with Gasteiger partial charge in [-0.05, 0) is 67.4 Å². The minimum atomic E-state index is -0.212. The summed E-state index contributed by atoms with van der Waals surface area (Å²) in [6.45, 7) is 3.92. The van der Waals surface area contributed by atoms with Gasteiger partial charge in [0.25, 0.3) is 5.91 Å². The van der Waals surface area contributed by atoms with E-state index >= 15 is 0 Å². The van der Waals surface area contributed by atoms with Gasteiger partial charge in [0.15, 0.2) is 12.4 Å². The molecule has 0 aliphatic rings. The lowest BCUT2D eigenvalue weighted by Crippen LogP contribution is -2.13. The quantitative estimate of drug-likeness (QED) is 0.512. The highest BCUT2D eigenvalue weighted by Crippen LogP contribution is 2.19. The molecule has 0 aliphatic heterocycles. The molecule has 3 rings (SSSR count). The number of nitrogens with one attached hydrogen (secondary N) is 1. The number of carbonyl (C=O) groups excluding carboxylic acids is 2. The second kappa shape index (κ2) is 8.85. The SMILES string of the molecule is Cc1ccc(C(=O)COc2cccc(NC(=O)c3ccc(Br)cc3)c2)cc1C. The summed E-state index contributed by atoms with van der Waals surface area (Å²) in [5.74, 6) is 0.217. The highest BCUT2D eigenvalue weighted by molar-refractivity contribution is 9.10. The van der Waals surface area contributed by atoms with E-state index in [1.54, 1.807) is 36.4 Å². The Kier molecular flexibility index (Phi) is 6.26. The Bertz CT molecular complexity index is 1010. The summed E-state index contributed by atoms with van der Waals surface area (Å²) in [6.07, 6.45) is 0. The van der Waals surface area contributed by atoms with Gasteiger partial charge in [0.2, 0.25) is 0 Å². The van der Waals surface area contributed by atoms with Gasteiger partial charge >= 0.3 is 0 Å². The average Bonchev–Trinajstić information content (AvgIpc) is 2.69. The van der Waals surface area contributed by atoms with E-state index in [9.17, 15) is 9.59 Å². The largest absolute Gasteiger partial charge is 0.485 e. The average molecular weight is 438 g/mol. The zero-order chi connectivity index (χ0) is 20.1. The molecular formula is C23H20BrNO3. The molecule has 1 amide bonds. The molecule has 0 fully saturated rings. The van der Waals surface area contributed by atoms with Crippen LogP contribution in [0.15, 0.2) is 71.2 Å². The number of ketones is 1. The van der Waals surface area contributed by atoms with Crippen LogP contribution in [0.25, 0.3) is 0 Å². The fraction of sp³-hybridized carbons (Fsp3) is 0.130. The summed E-state index contributed by atoms with van der Waals surface area (Å²) in [7, 11) is 0. The van der Waals surface area contributed by atoms with Crippen LogP contribution in [0.1, 0.15) is 31.8 Å². The molecule has 0 spiro atoms. The third-order valence-electron chi connectivity index (χ3n) is 4.40. The number of carbonyl (C=O) groups is 2. The van der Waals surface area contributed by atoms with Crippen molar-refractivity contribution in [3.05, 3.63) is 93.5 Å². The van der Waals surface area contributed by atoms with Crippen molar-refractivity contribution in [2.24, 2.45) is 0 Å². The van der Waals surface area contributed by atoms with Gasteiger partial charge in [0, 0.05) is 27.4 Å². The number of anilines is 1. The molecule has 0 unspecified atom stereocenters. The third kappa shape index (κ3) is 5.08. The molecule has 0 aromatic heterocycles. The Balaban J connectivity index is 1.62. The highest BCUT2D eigenvalue weighted by atomic mass is 79.9. The molecular weight excluding hydrogens is 418 g/mol. The first kappa shape index (κ1) is 19.8. The molecule has 3 aromatic rings. The van der Waals surface area contributed by atoms with Gasteiger partial charge in [-0.15, -0.1) is 0 Å². The van der Waals surface area contributed by atoms with Crippen LogP contribution in [0.3, 0.4) is 0 Å². The molecule has 5 heteroatoms. The van der Waals surface area contributed by atoms with Crippen LogP contribution in [-0.2, 0) is 0 Å². The van der Waals surface area contributed by atoms with Crippen LogP contribution in [-0.4, -0.2) is 18.3 Å². The number of amides is 1. The normalized spacial score (nSPS) is 10.4. The van der Waals surface area contributed by atoms with Crippen LogP contribution in [0.5, 0.6) is 5.75 Å². The Hall–Kier alpha value is -2.92. The van der Waals surface area contributed by atoms with Crippen LogP contribution in [0.2, 0.25) is 0 Å². The topological polar surface area (TPSA) is 55.4 Å². The van der Waals surface area contributed by atoms with Gasteiger partial charge in [-0.1, -0.05) is 34.1 Å². The van der Waals surface area contributed by atoms with E-state index in [-0.39, 0.29) is 18.3 Å². The lowest BCUT2D eigenvalue weighted by molar-refractivity contribution is 0.0920. The molecule has 0 bridgehead atoms. The molecule has 142 valence electrons. The third-order valence-corrected chi connectivity index (χ3v) is 4.93. The fourth-order valence-electron chi connectivity index (χ4n) is 2.62. The summed E-state index contributed by atoms with van der Waals surface area (Å²) < 4.78 is 6.54. The molecule has 28 heavy (non-hydrogen) atoms. The second-order valence-electron chi connectivity index (χ2n) is 6.50. The summed E-state index contributed by atoms with van der Waals surface area (Å²) in [5.41, 5.74) is 4.00. The van der Waals surface area contributed by atoms with Crippen molar-refractivity contribution in [3.63, 3.8) is 0 Å². The predicted molar refractivity (Wildman–Crippen MR) is 114 cm³/mol. The maximum atomic E-state index is 12.4. The summed E-state index contributed by atoms with van der Waals surface area (Å²) in [4.78, 5) is 24.7. The number of Topliss-reactive ketones (excluding diaryl/α,β-unsaturated/α-hetero) is 1. The minimum Gasteiger partial charge on any atom is -0.485 e. The zero-order valence-electron chi connectivity index (χ0n) is 15.7. The number of ether oxygens (including phenoxy) is 1. The van der Waals surface area contributed by atoms with Gasteiger partial charge in [0.05, 0.1) is 0 Å². The van der Waals surface area contributed by atoms with Crippen molar-refractivity contribution in [1.82, 2.24) is 0 Å². The molecule has 0 radical (unpaired) electrons. The Morgan fingerprint density at radius 1 is 0.893 bits per heavy atom. The smallest absolute Gasteiger partial charge is 0.255 e. The van der Waals surface area contributed by atoms with E-state index in [1.165, 1.54) is 0 Å². The van der Waals surface area contributed by atoms with Crippen LogP contribution in [0.4, 0.5) is 5.69 Å². The van der Waals surface area contributed by atoms with E-state index in [0.29, 0.717) is 22.6 Å². The first-order chi connectivity index (χ1) is 13.4. The van der Waals surface area contributed by atoms with Crippen molar-refractivity contribution in [2.45, 2.75) is 13.8 Å². The van der Waals surface area contributed by atoms with Crippen LogP contribution >= 0.6 is 15.9 Å². The number of hydrogen-bond acceptors (Lipinski definition) is 3. The second-order valence-corrected chi connectivity index (χ2v) is 7.42. The van der Waals surface area contributed by atoms with Gasteiger partial charge in [-0.25, -0.2) is 0 Å². The van der Waals surface area contributed by atoms with Gasteiger partial charge in [0.1, 0.15) is 5.75 Å². The number of aryl methyl sites for hydroxylation is 2. The Morgan fingerprint density at radius 2 is 1.61 bits per heavy atom. The monoisotopic (exact) mass is 437 g/mol. The van der Waals surface area contributed by atoms with Gasteiger partial charge in [-0.3, -0.25) is 9.59 Å². The Labute approximate surface area is 172 Å². The molecule has 0 heterocycles. The number of rotatable bonds is 6. The van der Waals surface area contributed by atoms with E-state index in [1.807, 2.05) is 44.2 Å². The molecule has 0 saturated carbocycles. The summed E-state index contributed by atoms with van der Waals surface area (Å²) in [5, 5.41) is 2.83. The standard InChI is InChI=1S/C23H20BrNO3/c1-15-6-7-18(12-16(15)2)22(26)14-28-21-5-3-4-20(13-21)25-23(27)17-8-10-19(24)11-9-17/h3-13H,14H2,1-2H3,(H,25,27). The summed E-state index contributed by atoms with van der Waals surface area (Å²) in [6, 6.07) is 19.7. The van der Waals surface area contributed by atoms with Crippen molar-refractivity contribution in [3.8, 4) is 5.75 Å². The van der Waals surface area contributed by atoms with E-state index in [2.05, 4.69) is 21.2 Å². The van der Waals surface area contributed by atoms with Gasteiger partial charge in [-0.2, -0.15) is 0 Å². The van der Waals surface area contributed by atoms with Crippen LogP contribution < -0.4 is 10.1 Å². The zero-order valence-corrected chi connectivity index (χ0v) is 17.2. The Morgan fingerprint density at radius 3 is 2.32 bits per heavy atom. The summed E-state index contributed by atoms with van der Waals surface area (Å²) >= 11 is 3.35. The maximum Gasteiger partial charge on any atom is 0.255 e. The lowest BCUT2D eigenvalue weighted by atomic mass is 10.0. The van der Waals surface area contributed by atoms with Crippen molar-refractivity contribution in [1.29, 1.82) is 0 Å². The number of halogens is 1.